The maximum Gasteiger partial charge on any atom is 0.243 e. The molecule has 1 unspecified atom stereocenters. The van der Waals surface area contributed by atoms with Crippen LogP contribution >= 0.6 is 0 Å². The van der Waals surface area contributed by atoms with Crippen molar-refractivity contribution >= 4 is 27.3 Å². The number of anilines is 2. The number of carbonyl (C=O) groups is 1. The second-order valence-electron chi connectivity index (χ2n) is 6.30. The molecule has 2 rings (SSSR count). The third-order valence-corrected chi connectivity index (χ3v) is 6.65. The summed E-state index contributed by atoms with van der Waals surface area (Å²) in [5.74, 6) is -0.136. The van der Waals surface area contributed by atoms with Gasteiger partial charge in [0, 0.05) is 25.6 Å². The molecule has 0 saturated carbocycles. The van der Waals surface area contributed by atoms with Crippen LogP contribution in [0.3, 0.4) is 0 Å². The van der Waals surface area contributed by atoms with Crippen LogP contribution < -0.4 is 10.6 Å². The average molecular weight is 380 g/mol. The van der Waals surface area contributed by atoms with Gasteiger partial charge in [-0.25, -0.2) is 8.42 Å². The largest absolute Gasteiger partial charge is 0.384 e. The first kappa shape index (κ1) is 20.5. The number of rotatable bonds is 8. The van der Waals surface area contributed by atoms with Crippen LogP contribution in [0.2, 0.25) is 0 Å². The van der Waals surface area contributed by atoms with Crippen LogP contribution in [0.4, 0.5) is 11.4 Å². The number of hydrogen-bond acceptors (Lipinski definition) is 4. The summed E-state index contributed by atoms with van der Waals surface area (Å²) in [5.41, 5.74) is 1.24. The summed E-state index contributed by atoms with van der Waals surface area (Å²) in [6, 6.07) is 4.86. The fraction of sp³-hybridized carbons (Fsp3) is 0.526. The van der Waals surface area contributed by atoms with Crippen LogP contribution in [0.15, 0.2) is 35.2 Å². The molecule has 0 fully saturated rings. The maximum absolute atomic E-state index is 12.8. The van der Waals surface area contributed by atoms with Gasteiger partial charge in [-0.1, -0.05) is 26.0 Å². The number of carbonyl (C=O) groups excluding carboxylic acids is 1. The van der Waals surface area contributed by atoms with Crippen molar-refractivity contribution in [2.75, 3.05) is 30.3 Å². The predicted molar refractivity (Wildman–Crippen MR) is 106 cm³/mol. The van der Waals surface area contributed by atoms with Gasteiger partial charge in [0.2, 0.25) is 15.9 Å². The molecule has 0 spiro atoms. The van der Waals surface area contributed by atoms with E-state index >= 15 is 0 Å². The van der Waals surface area contributed by atoms with Crippen molar-refractivity contribution < 1.29 is 13.2 Å². The number of amides is 1. The van der Waals surface area contributed by atoms with Gasteiger partial charge in [-0.2, -0.15) is 4.31 Å². The fourth-order valence-corrected chi connectivity index (χ4v) is 4.60. The van der Waals surface area contributed by atoms with E-state index in [1.165, 1.54) is 4.31 Å². The molecule has 1 aromatic rings. The predicted octanol–water partition coefficient (Wildman–Crippen LogP) is 3.44. The molecule has 0 bridgehead atoms. The number of hydrogen-bond donors (Lipinski definition) is 2. The molecule has 1 amide bonds. The van der Waals surface area contributed by atoms with Crippen molar-refractivity contribution in [3.63, 3.8) is 0 Å². The average Bonchev–Trinajstić information content (AvgIpc) is 2.64. The summed E-state index contributed by atoms with van der Waals surface area (Å²) in [6.07, 6.45) is 6.55. The van der Waals surface area contributed by atoms with Crippen LogP contribution in [-0.4, -0.2) is 38.3 Å². The Morgan fingerprint density at radius 2 is 1.88 bits per heavy atom. The summed E-state index contributed by atoms with van der Waals surface area (Å²) in [5, 5.41) is 6.12. The van der Waals surface area contributed by atoms with E-state index in [2.05, 4.69) is 16.7 Å². The van der Waals surface area contributed by atoms with E-state index in [1.807, 2.05) is 26.8 Å². The Morgan fingerprint density at radius 3 is 2.46 bits per heavy atom. The standard InChI is InChI=1S/C19H29N3O3S/c1-4-20-17-13-12-16(26(24,25)22(5-2)6-3)14-18(17)21-19(23)15-10-8-7-9-11-15/h7-8,12-15,20H,4-6,9-11H2,1-3H3,(H,21,23). The van der Waals surface area contributed by atoms with Crippen molar-refractivity contribution in [3.05, 3.63) is 30.4 Å². The van der Waals surface area contributed by atoms with Gasteiger partial charge in [0.1, 0.15) is 0 Å². The van der Waals surface area contributed by atoms with E-state index in [-0.39, 0.29) is 16.7 Å². The Labute approximate surface area is 156 Å². The van der Waals surface area contributed by atoms with Crippen LogP contribution in [0, 0.1) is 5.92 Å². The number of sulfonamides is 1. The lowest BCUT2D eigenvalue weighted by Gasteiger charge is -2.21. The smallest absolute Gasteiger partial charge is 0.243 e. The molecule has 1 aromatic carbocycles. The maximum atomic E-state index is 12.8. The Morgan fingerprint density at radius 1 is 1.15 bits per heavy atom. The highest BCUT2D eigenvalue weighted by Crippen LogP contribution is 2.29. The molecule has 144 valence electrons. The normalized spacial score (nSPS) is 17.3. The SMILES string of the molecule is CCNc1ccc(S(=O)(=O)N(CC)CC)cc1NC(=O)C1CC=CCC1. The molecule has 0 saturated heterocycles. The van der Waals surface area contributed by atoms with Crippen molar-refractivity contribution in [2.24, 2.45) is 5.92 Å². The van der Waals surface area contributed by atoms with E-state index in [4.69, 9.17) is 0 Å². The van der Waals surface area contributed by atoms with Crippen LogP contribution in [-0.2, 0) is 14.8 Å². The van der Waals surface area contributed by atoms with Crippen LogP contribution in [0.5, 0.6) is 0 Å². The van der Waals surface area contributed by atoms with Crippen molar-refractivity contribution in [1.82, 2.24) is 4.31 Å². The second kappa shape index (κ2) is 9.19. The number of benzene rings is 1. The lowest BCUT2D eigenvalue weighted by atomic mass is 9.93. The summed E-state index contributed by atoms with van der Waals surface area (Å²) in [6.45, 7) is 7.07. The van der Waals surface area contributed by atoms with Crippen molar-refractivity contribution in [1.29, 1.82) is 0 Å². The highest BCUT2D eigenvalue weighted by Gasteiger charge is 2.24. The van der Waals surface area contributed by atoms with E-state index in [0.29, 0.717) is 25.3 Å². The molecule has 7 heteroatoms. The zero-order valence-electron chi connectivity index (χ0n) is 15.8. The molecule has 1 atom stereocenters. The molecule has 0 aliphatic heterocycles. The molecule has 1 aliphatic rings. The van der Waals surface area contributed by atoms with Gasteiger partial charge in [-0.3, -0.25) is 4.79 Å². The number of allylic oxidation sites excluding steroid dienone is 2. The molecular formula is C19H29N3O3S. The Bertz CT molecular complexity index is 755. The summed E-state index contributed by atoms with van der Waals surface area (Å²) >= 11 is 0. The lowest BCUT2D eigenvalue weighted by Crippen LogP contribution is -2.31. The molecule has 0 heterocycles. The number of nitrogens with one attached hydrogen (secondary N) is 2. The Balaban J connectivity index is 2.33. The van der Waals surface area contributed by atoms with Crippen molar-refractivity contribution in [2.45, 2.75) is 44.9 Å². The van der Waals surface area contributed by atoms with Gasteiger partial charge in [0.25, 0.3) is 0 Å². The minimum Gasteiger partial charge on any atom is -0.384 e. The second-order valence-corrected chi connectivity index (χ2v) is 8.24. The molecule has 26 heavy (non-hydrogen) atoms. The molecular weight excluding hydrogens is 350 g/mol. The minimum absolute atomic E-state index is 0.0640. The van der Waals surface area contributed by atoms with Gasteiger partial charge < -0.3 is 10.6 Å². The Hall–Kier alpha value is -1.86. The topological polar surface area (TPSA) is 78.5 Å². The lowest BCUT2D eigenvalue weighted by molar-refractivity contribution is -0.120. The van der Waals surface area contributed by atoms with Gasteiger partial charge in [-0.15, -0.1) is 0 Å². The highest BCUT2D eigenvalue weighted by molar-refractivity contribution is 7.89. The summed E-state index contributed by atoms with van der Waals surface area (Å²) in [7, 11) is -3.57. The van der Waals surface area contributed by atoms with E-state index in [0.717, 1.165) is 24.9 Å². The first-order valence-corrected chi connectivity index (χ1v) is 10.7. The molecule has 0 radical (unpaired) electrons. The molecule has 0 aromatic heterocycles. The van der Waals surface area contributed by atoms with E-state index in [9.17, 15) is 13.2 Å². The number of nitrogens with zero attached hydrogens (tertiary/aromatic N) is 1. The third kappa shape index (κ3) is 4.65. The molecule has 2 N–H and O–H groups in total. The van der Waals surface area contributed by atoms with Gasteiger partial charge >= 0.3 is 0 Å². The van der Waals surface area contributed by atoms with Gasteiger partial charge in [-0.05, 0) is 44.4 Å². The third-order valence-electron chi connectivity index (χ3n) is 4.60. The zero-order chi connectivity index (χ0) is 19.2. The summed E-state index contributed by atoms with van der Waals surface area (Å²) < 4.78 is 27.0. The van der Waals surface area contributed by atoms with E-state index in [1.54, 1.807) is 18.2 Å². The first-order valence-electron chi connectivity index (χ1n) is 9.27. The van der Waals surface area contributed by atoms with Gasteiger partial charge in [0.05, 0.1) is 16.3 Å². The van der Waals surface area contributed by atoms with Crippen molar-refractivity contribution in [3.8, 4) is 0 Å². The van der Waals surface area contributed by atoms with Crippen LogP contribution in [0.1, 0.15) is 40.0 Å². The highest BCUT2D eigenvalue weighted by atomic mass is 32.2. The summed E-state index contributed by atoms with van der Waals surface area (Å²) in [4.78, 5) is 12.8. The minimum atomic E-state index is -3.57. The van der Waals surface area contributed by atoms with Crippen LogP contribution in [0.25, 0.3) is 0 Å². The fourth-order valence-electron chi connectivity index (χ4n) is 3.11. The Kier molecular flexibility index (Phi) is 7.23. The zero-order valence-corrected chi connectivity index (χ0v) is 16.6. The molecule has 1 aliphatic carbocycles. The quantitative estimate of drug-likeness (QED) is 0.678. The van der Waals surface area contributed by atoms with Gasteiger partial charge in [0.15, 0.2) is 0 Å². The monoisotopic (exact) mass is 379 g/mol. The van der Waals surface area contributed by atoms with E-state index < -0.39 is 10.0 Å². The first-order chi connectivity index (χ1) is 12.4. The molecule has 6 nitrogen and oxygen atoms in total.